The third-order valence-electron chi connectivity index (χ3n) is 2.75. The number of nitrogens with zero attached hydrogens (tertiary/aromatic N) is 1. The number of benzene rings is 1. The van der Waals surface area contributed by atoms with E-state index in [9.17, 15) is 9.90 Å². The Kier molecular flexibility index (Phi) is 5.59. The van der Waals surface area contributed by atoms with E-state index in [1.54, 1.807) is 37.2 Å². The normalized spacial score (nSPS) is 12.0. The molecule has 0 heterocycles. The van der Waals surface area contributed by atoms with Gasteiger partial charge in [-0.25, -0.2) is 0 Å². The van der Waals surface area contributed by atoms with Gasteiger partial charge in [0.05, 0.1) is 24.0 Å². The Morgan fingerprint density at radius 2 is 2.26 bits per heavy atom. The van der Waals surface area contributed by atoms with Crippen molar-refractivity contribution in [1.82, 2.24) is 5.32 Å². The van der Waals surface area contributed by atoms with Gasteiger partial charge >= 0.3 is 0 Å². The summed E-state index contributed by atoms with van der Waals surface area (Å²) in [6.07, 6.45) is -0.631. The Morgan fingerprint density at radius 1 is 1.58 bits per heavy atom. The van der Waals surface area contributed by atoms with E-state index in [1.165, 1.54) is 7.11 Å². The minimum absolute atomic E-state index is 0.192. The van der Waals surface area contributed by atoms with E-state index in [4.69, 9.17) is 10.5 Å². The summed E-state index contributed by atoms with van der Waals surface area (Å²) < 4.78 is 4.88. The minimum Gasteiger partial charge on any atom is -0.399 e. The Balaban J connectivity index is 2.96. The predicted octanol–water partition coefficient (Wildman–Crippen LogP) is 0.0719. The van der Waals surface area contributed by atoms with Gasteiger partial charge in [0.25, 0.3) is 5.91 Å². The third-order valence-corrected chi connectivity index (χ3v) is 2.75. The van der Waals surface area contributed by atoms with Crippen LogP contribution < -0.4 is 16.0 Å². The van der Waals surface area contributed by atoms with E-state index < -0.39 is 6.10 Å². The van der Waals surface area contributed by atoms with Crippen LogP contribution >= 0.6 is 0 Å². The molecule has 0 fully saturated rings. The van der Waals surface area contributed by atoms with Gasteiger partial charge in [0.2, 0.25) is 0 Å². The number of likely N-dealkylation sites (N-methyl/N-ethyl adjacent to an activating group) is 1. The molecule has 0 saturated heterocycles. The van der Waals surface area contributed by atoms with Crippen molar-refractivity contribution in [1.29, 1.82) is 0 Å². The first-order valence-electron chi connectivity index (χ1n) is 5.99. The van der Waals surface area contributed by atoms with E-state index in [2.05, 4.69) is 5.32 Å². The van der Waals surface area contributed by atoms with Crippen molar-refractivity contribution in [2.45, 2.75) is 6.10 Å². The molecule has 1 atom stereocenters. The molecule has 0 spiro atoms. The number of aliphatic hydroxyl groups is 1. The van der Waals surface area contributed by atoms with Crippen LogP contribution in [-0.4, -0.2) is 51.5 Å². The van der Waals surface area contributed by atoms with Crippen molar-refractivity contribution < 1.29 is 14.6 Å². The molecule has 0 saturated carbocycles. The van der Waals surface area contributed by atoms with Crippen molar-refractivity contribution >= 4 is 17.3 Å². The number of ether oxygens (including phenoxy) is 1. The van der Waals surface area contributed by atoms with Gasteiger partial charge in [-0.1, -0.05) is 0 Å². The number of hydrogen-bond acceptors (Lipinski definition) is 5. The van der Waals surface area contributed by atoms with Crippen LogP contribution in [0, 0.1) is 0 Å². The second-order valence-electron chi connectivity index (χ2n) is 4.35. The number of nitrogens with two attached hydrogens (primary N) is 1. The lowest BCUT2D eigenvalue weighted by Crippen LogP contribution is -2.33. The largest absolute Gasteiger partial charge is 0.399 e. The average molecular weight is 267 g/mol. The lowest BCUT2D eigenvalue weighted by atomic mass is 10.1. The van der Waals surface area contributed by atoms with Crippen LogP contribution in [0.5, 0.6) is 0 Å². The van der Waals surface area contributed by atoms with Crippen LogP contribution in [-0.2, 0) is 4.74 Å². The highest BCUT2D eigenvalue weighted by Crippen LogP contribution is 2.23. The van der Waals surface area contributed by atoms with E-state index in [1.807, 2.05) is 0 Å². The summed E-state index contributed by atoms with van der Waals surface area (Å²) in [5.74, 6) is -0.192. The number of nitrogens with one attached hydrogen (secondary N) is 1. The summed E-state index contributed by atoms with van der Waals surface area (Å²) in [4.78, 5) is 13.6. The van der Waals surface area contributed by atoms with Gasteiger partial charge < -0.3 is 25.8 Å². The molecule has 1 aromatic carbocycles. The number of nitrogen functional groups attached to an aromatic ring is 1. The SMILES string of the molecule is CNC(=O)c1ccc(N)cc1N(C)CC(O)COC. The number of methoxy groups -OCH3 is 1. The summed E-state index contributed by atoms with van der Waals surface area (Å²) >= 11 is 0. The summed E-state index contributed by atoms with van der Waals surface area (Å²) in [6, 6.07) is 5.06. The van der Waals surface area contributed by atoms with Gasteiger partial charge in [-0.2, -0.15) is 0 Å². The van der Waals surface area contributed by atoms with Crippen molar-refractivity contribution in [3.05, 3.63) is 23.8 Å². The molecular formula is C13H21N3O3. The fourth-order valence-electron chi connectivity index (χ4n) is 1.85. The van der Waals surface area contributed by atoms with Crippen LogP contribution in [0.1, 0.15) is 10.4 Å². The minimum atomic E-state index is -0.631. The smallest absolute Gasteiger partial charge is 0.253 e. The van der Waals surface area contributed by atoms with Crippen molar-refractivity contribution in [2.24, 2.45) is 0 Å². The monoisotopic (exact) mass is 267 g/mol. The molecule has 0 aliphatic heterocycles. The standard InChI is InChI=1S/C13H21N3O3/c1-15-13(18)11-5-4-9(14)6-12(11)16(2)7-10(17)8-19-3/h4-6,10,17H,7-8,14H2,1-3H3,(H,15,18). The van der Waals surface area contributed by atoms with Gasteiger partial charge in [-0.15, -0.1) is 0 Å². The third kappa shape index (κ3) is 4.11. The number of aliphatic hydroxyl groups excluding tert-OH is 1. The number of rotatable bonds is 6. The highest BCUT2D eigenvalue weighted by molar-refractivity contribution is 6.00. The van der Waals surface area contributed by atoms with Gasteiger partial charge in [-0.3, -0.25) is 4.79 Å². The first-order valence-corrected chi connectivity index (χ1v) is 5.99. The molecule has 6 heteroatoms. The van der Waals surface area contributed by atoms with Crippen LogP contribution in [0.25, 0.3) is 0 Å². The van der Waals surface area contributed by atoms with Crippen molar-refractivity contribution in [3.8, 4) is 0 Å². The number of hydrogen-bond donors (Lipinski definition) is 3. The molecule has 0 aliphatic carbocycles. The van der Waals surface area contributed by atoms with E-state index >= 15 is 0 Å². The topological polar surface area (TPSA) is 87.8 Å². The molecule has 1 unspecified atom stereocenters. The summed E-state index contributed by atoms with van der Waals surface area (Å²) in [5.41, 5.74) is 7.51. The van der Waals surface area contributed by atoms with Crippen molar-refractivity contribution in [2.75, 3.05) is 45.0 Å². The molecule has 6 nitrogen and oxygen atoms in total. The molecule has 0 radical (unpaired) electrons. The van der Waals surface area contributed by atoms with Gasteiger partial charge in [0.15, 0.2) is 0 Å². The molecule has 1 rings (SSSR count). The second kappa shape index (κ2) is 6.96. The van der Waals surface area contributed by atoms with E-state index in [-0.39, 0.29) is 12.5 Å². The highest BCUT2D eigenvalue weighted by Gasteiger charge is 2.16. The number of carbonyl (C=O) groups is 1. The maximum absolute atomic E-state index is 11.8. The van der Waals surface area contributed by atoms with E-state index in [0.29, 0.717) is 23.5 Å². The molecule has 19 heavy (non-hydrogen) atoms. The maximum Gasteiger partial charge on any atom is 0.253 e. The molecule has 0 aromatic heterocycles. The van der Waals surface area contributed by atoms with E-state index in [0.717, 1.165) is 0 Å². The first-order chi connectivity index (χ1) is 8.99. The first kappa shape index (κ1) is 15.3. The maximum atomic E-state index is 11.8. The van der Waals surface area contributed by atoms with Gasteiger partial charge in [0, 0.05) is 33.4 Å². The number of amides is 1. The van der Waals surface area contributed by atoms with Crippen LogP contribution in [0.4, 0.5) is 11.4 Å². The molecule has 0 bridgehead atoms. The zero-order valence-electron chi connectivity index (χ0n) is 11.5. The summed E-state index contributed by atoms with van der Waals surface area (Å²) in [5, 5.41) is 12.3. The van der Waals surface area contributed by atoms with Crippen LogP contribution in [0.2, 0.25) is 0 Å². The molecule has 4 N–H and O–H groups in total. The van der Waals surface area contributed by atoms with Crippen LogP contribution in [0.15, 0.2) is 18.2 Å². The van der Waals surface area contributed by atoms with Gasteiger partial charge in [0.1, 0.15) is 0 Å². The zero-order chi connectivity index (χ0) is 14.4. The Labute approximate surface area is 113 Å². The lowest BCUT2D eigenvalue weighted by Gasteiger charge is -2.24. The average Bonchev–Trinajstić information content (AvgIpc) is 2.37. The number of carbonyl (C=O) groups excluding carboxylic acids is 1. The Bertz CT molecular complexity index is 437. The Hall–Kier alpha value is -1.79. The molecule has 1 aromatic rings. The number of anilines is 2. The fraction of sp³-hybridized carbons (Fsp3) is 0.462. The quantitative estimate of drug-likeness (QED) is 0.635. The molecular weight excluding hydrogens is 246 g/mol. The van der Waals surface area contributed by atoms with Gasteiger partial charge in [-0.05, 0) is 18.2 Å². The van der Waals surface area contributed by atoms with Crippen LogP contribution in [0.3, 0.4) is 0 Å². The molecule has 1 amide bonds. The predicted molar refractivity (Wildman–Crippen MR) is 75.4 cm³/mol. The van der Waals surface area contributed by atoms with Crippen molar-refractivity contribution in [3.63, 3.8) is 0 Å². The summed E-state index contributed by atoms with van der Waals surface area (Å²) in [7, 11) is 4.89. The zero-order valence-corrected chi connectivity index (χ0v) is 11.5. The lowest BCUT2D eigenvalue weighted by molar-refractivity contribution is 0.0694. The second-order valence-corrected chi connectivity index (χ2v) is 4.35. The molecule has 0 aliphatic rings. The summed E-state index contributed by atoms with van der Waals surface area (Å²) in [6.45, 7) is 0.587. The highest BCUT2D eigenvalue weighted by atomic mass is 16.5. The molecule has 106 valence electrons. The fourth-order valence-corrected chi connectivity index (χ4v) is 1.85. The Morgan fingerprint density at radius 3 is 2.84 bits per heavy atom.